The average molecular weight is 637 g/mol. The van der Waals surface area contributed by atoms with Crippen molar-refractivity contribution in [3.63, 3.8) is 0 Å². The number of benzene rings is 2. The molecule has 0 saturated heterocycles. The molecule has 2 aliphatic carbocycles. The molecule has 250 valence electrons. The van der Waals surface area contributed by atoms with Crippen LogP contribution in [0.25, 0.3) is 11.1 Å². The quantitative estimate of drug-likeness (QED) is 0.165. The predicted octanol–water partition coefficient (Wildman–Crippen LogP) is 9.20. The number of hydrogen-bond donors (Lipinski definition) is 1. The van der Waals surface area contributed by atoms with Crippen molar-refractivity contribution in [2.24, 2.45) is 17.8 Å². The van der Waals surface area contributed by atoms with Crippen LogP contribution in [0, 0.1) is 29.4 Å². The Morgan fingerprint density at radius 3 is 2.07 bits per heavy atom. The number of ether oxygens (including phenoxy) is 2. The second-order valence-electron chi connectivity index (χ2n) is 13.5. The SMILES string of the molecule is C=C(C)C(=O)OCC(COC(=O)C(=C)CO)CC1CCC(c2ccc(-c3ccc(C4CCC(CCC)CC4)cc3F)cc2F)CC1. The van der Waals surface area contributed by atoms with E-state index in [0.29, 0.717) is 34.9 Å². The molecule has 1 N–H and O–H groups in total. The zero-order chi connectivity index (χ0) is 33.2. The molecule has 2 aromatic carbocycles. The van der Waals surface area contributed by atoms with E-state index in [9.17, 15) is 9.59 Å². The molecule has 0 aromatic heterocycles. The first-order valence-electron chi connectivity index (χ1n) is 17.0. The average Bonchev–Trinajstić information content (AvgIpc) is 3.06. The molecular weight excluding hydrogens is 586 g/mol. The van der Waals surface area contributed by atoms with Gasteiger partial charge in [0.1, 0.15) is 11.6 Å². The summed E-state index contributed by atoms with van der Waals surface area (Å²) in [5.41, 5.74) is 2.94. The number of carbonyl (C=O) groups excluding carboxylic acids is 2. The molecule has 5 nitrogen and oxygen atoms in total. The molecule has 2 aliphatic rings. The van der Waals surface area contributed by atoms with Crippen molar-refractivity contribution >= 4 is 11.9 Å². The van der Waals surface area contributed by atoms with Crippen LogP contribution in [0.3, 0.4) is 0 Å². The van der Waals surface area contributed by atoms with Gasteiger partial charge < -0.3 is 14.6 Å². The number of halogens is 2. The van der Waals surface area contributed by atoms with Crippen molar-refractivity contribution in [1.29, 1.82) is 0 Å². The van der Waals surface area contributed by atoms with Crippen LogP contribution in [-0.2, 0) is 19.1 Å². The summed E-state index contributed by atoms with van der Waals surface area (Å²) in [5, 5.41) is 9.14. The number of rotatable bonds is 14. The van der Waals surface area contributed by atoms with Crippen LogP contribution in [0.1, 0.15) is 107 Å². The summed E-state index contributed by atoms with van der Waals surface area (Å²) in [6, 6.07) is 10.6. The largest absolute Gasteiger partial charge is 0.462 e. The van der Waals surface area contributed by atoms with Gasteiger partial charge in [-0.15, -0.1) is 0 Å². The number of aliphatic hydroxyl groups excluding tert-OH is 1. The molecule has 0 radical (unpaired) electrons. The van der Waals surface area contributed by atoms with Gasteiger partial charge in [0.05, 0.1) is 25.4 Å². The Morgan fingerprint density at radius 1 is 0.848 bits per heavy atom. The minimum absolute atomic E-state index is 0.0362. The topological polar surface area (TPSA) is 72.8 Å². The van der Waals surface area contributed by atoms with Gasteiger partial charge in [-0.05, 0) is 117 Å². The lowest BCUT2D eigenvalue weighted by Gasteiger charge is -2.31. The summed E-state index contributed by atoms with van der Waals surface area (Å²) in [6.07, 6.45) is 11.1. The minimum Gasteiger partial charge on any atom is -0.462 e. The second-order valence-corrected chi connectivity index (χ2v) is 13.5. The van der Waals surface area contributed by atoms with Crippen LogP contribution >= 0.6 is 0 Å². The zero-order valence-corrected chi connectivity index (χ0v) is 27.5. The van der Waals surface area contributed by atoms with E-state index >= 15 is 8.78 Å². The fourth-order valence-electron chi connectivity index (χ4n) is 7.28. The monoisotopic (exact) mass is 636 g/mol. The van der Waals surface area contributed by atoms with Crippen LogP contribution in [0.5, 0.6) is 0 Å². The van der Waals surface area contributed by atoms with Gasteiger partial charge in [-0.3, -0.25) is 0 Å². The Hall–Kier alpha value is -3.32. The highest BCUT2D eigenvalue weighted by molar-refractivity contribution is 5.88. The fraction of sp³-hybridized carbons (Fsp3) is 0.538. The van der Waals surface area contributed by atoms with E-state index in [1.54, 1.807) is 13.0 Å². The van der Waals surface area contributed by atoms with Crippen molar-refractivity contribution in [3.8, 4) is 11.1 Å². The first-order valence-corrected chi connectivity index (χ1v) is 17.0. The van der Waals surface area contributed by atoms with E-state index < -0.39 is 18.5 Å². The third-order valence-corrected chi connectivity index (χ3v) is 10.0. The fourth-order valence-corrected chi connectivity index (χ4v) is 7.28. The summed E-state index contributed by atoms with van der Waals surface area (Å²) in [5.74, 6) is -0.460. The van der Waals surface area contributed by atoms with Crippen molar-refractivity contribution in [1.82, 2.24) is 0 Å². The van der Waals surface area contributed by atoms with Crippen molar-refractivity contribution in [2.45, 2.75) is 96.3 Å². The van der Waals surface area contributed by atoms with Crippen LogP contribution in [0.15, 0.2) is 60.7 Å². The Balaban J connectivity index is 1.34. The van der Waals surface area contributed by atoms with E-state index in [1.807, 2.05) is 24.3 Å². The standard InChI is InChI=1S/C39H50F2O5/c1-5-6-27-7-11-30(12-8-27)32-15-17-35(36(40)20-32)33-16-18-34(37(41)21-33)31-13-9-28(10-14-31)19-29(23-45-38(43)25(2)3)24-46-39(44)26(4)22-42/h15-18,20-21,27-31,42H,2,4-14,19,22-24H2,1,3H3. The first kappa shape index (κ1) is 35.5. The summed E-state index contributed by atoms with van der Waals surface area (Å²) in [7, 11) is 0. The first-order chi connectivity index (χ1) is 22.1. The number of esters is 2. The smallest absolute Gasteiger partial charge is 0.335 e. The van der Waals surface area contributed by atoms with Crippen LogP contribution in [0.2, 0.25) is 0 Å². The summed E-state index contributed by atoms with van der Waals surface area (Å²) in [4.78, 5) is 24.0. The van der Waals surface area contributed by atoms with Gasteiger partial charge in [-0.25, -0.2) is 18.4 Å². The summed E-state index contributed by atoms with van der Waals surface area (Å²) in [6.45, 7) is 10.5. The third-order valence-electron chi connectivity index (χ3n) is 10.0. The van der Waals surface area contributed by atoms with Gasteiger partial charge in [-0.1, -0.05) is 57.2 Å². The van der Waals surface area contributed by atoms with Gasteiger partial charge in [0.25, 0.3) is 0 Å². The summed E-state index contributed by atoms with van der Waals surface area (Å²) < 4.78 is 41.5. The number of aliphatic hydroxyl groups is 1. The molecule has 2 aromatic rings. The van der Waals surface area contributed by atoms with Crippen LogP contribution in [0.4, 0.5) is 8.78 Å². The Bertz CT molecular complexity index is 1370. The molecule has 1 atom stereocenters. The Kier molecular flexibility index (Phi) is 13.1. The van der Waals surface area contributed by atoms with E-state index in [2.05, 4.69) is 20.1 Å². The van der Waals surface area contributed by atoms with Crippen molar-refractivity contribution < 1.29 is 33.0 Å². The Morgan fingerprint density at radius 2 is 1.48 bits per heavy atom. The molecule has 0 amide bonds. The third kappa shape index (κ3) is 9.60. The molecule has 0 heterocycles. The van der Waals surface area contributed by atoms with E-state index in [1.165, 1.54) is 31.7 Å². The van der Waals surface area contributed by atoms with E-state index in [4.69, 9.17) is 14.6 Å². The van der Waals surface area contributed by atoms with Gasteiger partial charge in [-0.2, -0.15) is 0 Å². The highest BCUT2D eigenvalue weighted by atomic mass is 19.1. The highest BCUT2D eigenvalue weighted by Crippen LogP contribution is 2.41. The van der Waals surface area contributed by atoms with Gasteiger partial charge in [0.15, 0.2) is 0 Å². The maximum atomic E-state index is 15.5. The molecule has 2 saturated carbocycles. The summed E-state index contributed by atoms with van der Waals surface area (Å²) >= 11 is 0. The Labute approximate surface area is 273 Å². The molecule has 0 spiro atoms. The van der Waals surface area contributed by atoms with Crippen LogP contribution < -0.4 is 0 Å². The molecule has 0 bridgehead atoms. The second kappa shape index (κ2) is 17.0. The lowest BCUT2D eigenvalue weighted by molar-refractivity contribution is -0.144. The zero-order valence-electron chi connectivity index (χ0n) is 27.5. The lowest BCUT2D eigenvalue weighted by atomic mass is 9.75. The molecule has 4 rings (SSSR count). The molecule has 1 unspecified atom stereocenters. The van der Waals surface area contributed by atoms with Gasteiger partial charge in [0.2, 0.25) is 0 Å². The maximum absolute atomic E-state index is 15.5. The molecule has 0 aliphatic heterocycles. The number of carbonyl (C=O) groups is 2. The van der Waals surface area contributed by atoms with E-state index in [-0.39, 0.29) is 47.8 Å². The minimum atomic E-state index is -0.679. The molecule has 7 heteroatoms. The van der Waals surface area contributed by atoms with E-state index in [0.717, 1.165) is 50.0 Å². The highest BCUT2D eigenvalue weighted by Gasteiger charge is 2.28. The molecular formula is C39H50F2O5. The van der Waals surface area contributed by atoms with Gasteiger partial charge >= 0.3 is 11.9 Å². The van der Waals surface area contributed by atoms with Crippen LogP contribution in [-0.4, -0.2) is 36.9 Å². The molecule has 46 heavy (non-hydrogen) atoms. The predicted molar refractivity (Wildman–Crippen MR) is 177 cm³/mol. The molecule has 2 fully saturated rings. The number of hydrogen-bond acceptors (Lipinski definition) is 5. The maximum Gasteiger partial charge on any atom is 0.335 e. The lowest BCUT2D eigenvalue weighted by Crippen LogP contribution is -2.26. The van der Waals surface area contributed by atoms with Gasteiger partial charge in [0, 0.05) is 17.1 Å². The normalized spacial score (nSPS) is 22.1. The van der Waals surface area contributed by atoms with Crippen molar-refractivity contribution in [2.75, 3.05) is 19.8 Å². The van der Waals surface area contributed by atoms with Crippen molar-refractivity contribution in [3.05, 3.63) is 83.5 Å².